The zero-order valence-electron chi connectivity index (χ0n) is 24.2. The second-order valence-corrected chi connectivity index (χ2v) is 12.5. The number of nitrogens with one attached hydrogen (secondary N) is 1. The highest BCUT2D eigenvalue weighted by atomic mass is 19.4. The lowest BCUT2D eigenvalue weighted by atomic mass is 9.82. The molecule has 2 saturated heterocycles. The monoisotopic (exact) mass is 616 g/mol. The van der Waals surface area contributed by atoms with Gasteiger partial charge in [-0.3, -0.25) is 19.3 Å². The van der Waals surface area contributed by atoms with E-state index in [-0.39, 0.29) is 51.9 Å². The van der Waals surface area contributed by atoms with E-state index in [1.807, 2.05) is 0 Å². The van der Waals surface area contributed by atoms with Gasteiger partial charge in [-0.1, -0.05) is 6.07 Å². The van der Waals surface area contributed by atoms with E-state index in [4.69, 9.17) is 9.84 Å². The quantitative estimate of drug-likeness (QED) is 0.499. The normalized spacial score (nSPS) is 28.3. The van der Waals surface area contributed by atoms with Crippen molar-refractivity contribution >= 4 is 23.5 Å². The molecule has 2 unspecified atom stereocenters. The second-order valence-electron chi connectivity index (χ2n) is 12.5. The van der Waals surface area contributed by atoms with E-state index in [0.717, 1.165) is 37.5 Å². The van der Waals surface area contributed by atoms with Crippen LogP contribution in [0.5, 0.6) is 0 Å². The van der Waals surface area contributed by atoms with Gasteiger partial charge in [0, 0.05) is 47.1 Å². The minimum Gasteiger partial charge on any atom is -0.381 e. The SMILES string of the molecule is CCN1C(=O)[C@@H](NC(=O)c2cccc(C(F)(F)F)c2)[C@@H](C2CC2)c2c(C(=O)N3C4CC4C[C@H]3C#N)nn(C3CCOCC3)c21.[HH].[HH].[HH]. The summed E-state index contributed by atoms with van der Waals surface area (Å²) in [5.74, 6) is -1.32. The van der Waals surface area contributed by atoms with Crippen molar-refractivity contribution < 1.29 is 36.6 Å². The van der Waals surface area contributed by atoms with Gasteiger partial charge in [0.25, 0.3) is 17.7 Å². The fraction of sp³-hybridized carbons (Fsp3) is 0.581. The molecule has 4 fully saturated rings. The maximum atomic E-state index is 14.3. The molecular formula is C31H39F3N6O4. The van der Waals surface area contributed by atoms with Crippen molar-refractivity contribution in [2.45, 2.75) is 81.7 Å². The summed E-state index contributed by atoms with van der Waals surface area (Å²) in [6.45, 7) is 3.05. The molecule has 1 aromatic heterocycles. The van der Waals surface area contributed by atoms with E-state index < -0.39 is 35.6 Å². The zero-order chi connectivity index (χ0) is 30.9. The van der Waals surface area contributed by atoms with Crippen LogP contribution in [0.2, 0.25) is 0 Å². The molecule has 0 spiro atoms. The average Bonchev–Trinajstić information content (AvgIpc) is 3.94. The van der Waals surface area contributed by atoms with E-state index in [2.05, 4.69) is 11.4 Å². The minimum absolute atomic E-state index is 0. The molecule has 0 bridgehead atoms. The average molecular weight is 617 g/mol. The molecule has 3 aliphatic heterocycles. The number of anilines is 1. The number of amides is 3. The van der Waals surface area contributed by atoms with Crippen molar-refractivity contribution in [2.75, 3.05) is 24.7 Å². The van der Waals surface area contributed by atoms with Gasteiger partial charge in [-0.05, 0) is 75.5 Å². The number of likely N-dealkylation sites (tertiary alicyclic amines) is 1. The summed E-state index contributed by atoms with van der Waals surface area (Å²) >= 11 is 0. The molecule has 1 N–H and O–H groups in total. The van der Waals surface area contributed by atoms with Gasteiger partial charge in [0.2, 0.25) is 0 Å². The number of carbonyl (C=O) groups is 3. The number of aromatic nitrogens is 2. The number of hydrogen-bond donors (Lipinski definition) is 1. The Morgan fingerprint density at radius 1 is 1.16 bits per heavy atom. The highest BCUT2D eigenvalue weighted by molar-refractivity contribution is 6.07. The second kappa shape index (κ2) is 10.6. The van der Waals surface area contributed by atoms with Crippen LogP contribution in [-0.2, 0) is 15.7 Å². The van der Waals surface area contributed by atoms with E-state index in [0.29, 0.717) is 49.8 Å². The number of alkyl halides is 3. The third kappa shape index (κ3) is 4.74. The number of likely N-dealkylation sites (N-methyl/N-ethyl adjacent to an activating group) is 1. The molecular weight excluding hydrogens is 577 g/mol. The molecule has 13 heteroatoms. The number of ether oxygens (including phenoxy) is 1. The Balaban J connectivity index is 0.00000167. The molecule has 5 atom stereocenters. The highest BCUT2D eigenvalue weighted by Crippen LogP contribution is 2.53. The number of carbonyl (C=O) groups excluding carboxylic acids is 3. The van der Waals surface area contributed by atoms with Crippen LogP contribution in [0.3, 0.4) is 0 Å². The molecule has 4 heterocycles. The first kappa shape index (κ1) is 28.8. The van der Waals surface area contributed by atoms with Crippen molar-refractivity contribution in [3.05, 3.63) is 46.6 Å². The van der Waals surface area contributed by atoms with Gasteiger partial charge in [-0.25, -0.2) is 4.68 Å². The van der Waals surface area contributed by atoms with Gasteiger partial charge < -0.3 is 15.0 Å². The number of hydrogen-bond acceptors (Lipinski definition) is 6. The van der Waals surface area contributed by atoms with Crippen LogP contribution in [0.25, 0.3) is 0 Å². The Hall–Kier alpha value is -3.92. The van der Waals surface area contributed by atoms with Gasteiger partial charge in [-0.2, -0.15) is 23.5 Å². The van der Waals surface area contributed by atoms with Crippen molar-refractivity contribution in [2.24, 2.45) is 11.8 Å². The Bertz CT molecular complexity index is 1570. The van der Waals surface area contributed by atoms with Gasteiger partial charge >= 0.3 is 6.18 Å². The van der Waals surface area contributed by atoms with Gasteiger partial charge in [0.1, 0.15) is 17.9 Å². The molecule has 3 amide bonds. The fourth-order valence-corrected chi connectivity index (χ4v) is 7.42. The number of rotatable bonds is 6. The van der Waals surface area contributed by atoms with Crippen LogP contribution in [0, 0.1) is 23.2 Å². The molecule has 5 aliphatic rings. The van der Waals surface area contributed by atoms with Crippen molar-refractivity contribution in [3.8, 4) is 6.07 Å². The van der Waals surface area contributed by atoms with E-state index in [1.54, 1.807) is 16.5 Å². The van der Waals surface area contributed by atoms with Crippen LogP contribution in [0.4, 0.5) is 19.0 Å². The first-order valence-electron chi connectivity index (χ1n) is 15.3. The highest BCUT2D eigenvalue weighted by Gasteiger charge is 2.57. The topological polar surface area (TPSA) is 121 Å². The smallest absolute Gasteiger partial charge is 0.381 e. The number of fused-ring (bicyclic) bond motifs is 2. The third-order valence-corrected chi connectivity index (χ3v) is 9.81. The van der Waals surface area contributed by atoms with Crippen LogP contribution < -0.4 is 10.2 Å². The summed E-state index contributed by atoms with van der Waals surface area (Å²) < 4.78 is 47.6. The van der Waals surface area contributed by atoms with Crippen LogP contribution >= 0.6 is 0 Å². The Labute approximate surface area is 256 Å². The van der Waals surface area contributed by atoms with Gasteiger partial charge in [0.15, 0.2) is 5.69 Å². The number of nitrogens with zero attached hydrogens (tertiary/aromatic N) is 5. The first-order valence-corrected chi connectivity index (χ1v) is 15.3. The van der Waals surface area contributed by atoms with Crippen LogP contribution in [0.1, 0.15) is 93.7 Å². The molecule has 7 rings (SSSR count). The lowest BCUT2D eigenvalue weighted by Crippen LogP contribution is -2.56. The van der Waals surface area contributed by atoms with Crippen molar-refractivity contribution in [1.82, 2.24) is 20.0 Å². The van der Waals surface area contributed by atoms with Gasteiger partial charge in [0.05, 0.1) is 17.7 Å². The van der Waals surface area contributed by atoms with Crippen LogP contribution in [-0.4, -0.2) is 70.3 Å². The largest absolute Gasteiger partial charge is 0.416 e. The first-order chi connectivity index (χ1) is 21.1. The number of piperidine rings is 1. The summed E-state index contributed by atoms with van der Waals surface area (Å²) in [6.07, 6.45) is -0.341. The third-order valence-electron chi connectivity index (χ3n) is 9.81. The lowest BCUT2D eigenvalue weighted by molar-refractivity contribution is -0.137. The summed E-state index contributed by atoms with van der Waals surface area (Å²) in [5, 5.41) is 17.5. The fourth-order valence-electron chi connectivity index (χ4n) is 7.42. The molecule has 2 aromatic rings. The predicted octanol–water partition coefficient (Wildman–Crippen LogP) is 4.78. The summed E-state index contributed by atoms with van der Waals surface area (Å²) in [5.41, 5.74) is -0.391. The van der Waals surface area contributed by atoms with Gasteiger partial charge in [-0.15, -0.1) is 0 Å². The number of halogens is 3. The van der Waals surface area contributed by atoms with Crippen molar-refractivity contribution in [1.29, 1.82) is 5.26 Å². The van der Waals surface area contributed by atoms with E-state index in [1.165, 1.54) is 11.0 Å². The molecule has 44 heavy (non-hydrogen) atoms. The molecule has 2 aliphatic carbocycles. The Morgan fingerprint density at radius 2 is 1.91 bits per heavy atom. The maximum absolute atomic E-state index is 14.3. The number of nitriles is 1. The van der Waals surface area contributed by atoms with Crippen molar-refractivity contribution in [3.63, 3.8) is 0 Å². The molecule has 238 valence electrons. The number of benzene rings is 1. The minimum atomic E-state index is -4.63. The van der Waals surface area contributed by atoms with E-state index >= 15 is 0 Å². The molecule has 2 saturated carbocycles. The zero-order valence-corrected chi connectivity index (χ0v) is 24.2. The maximum Gasteiger partial charge on any atom is 0.416 e. The van der Waals surface area contributed by atoms with E-state index in [9.17, 15) is 32.8 Å². The summed E-state index contributed by atoms with van der Waals surface area (Å²) in [6, 6.07) is 4.59. The predicted molar refractivity (Wildman–Crippen MR) is 156 cm³/mol. The summed E-state index contributed by atoms with van der Waals surface area (Å²) in [7, 11) is 0. The molecule has 10 nitrogen and oxygen atoms in total. The van der Waals surface area contributed by atoms with Crippen LogP contribution in [0.15, 0.2) is 24.3 Å². The lowest BCUT2D eigenvalue weighted by Gasteiger charge is -2.39. The molecule has 1 aromatic carbocycles. The Morgan fingerprint density at radius 3 is 2.57 bits per heavy atom. The Kier molecular flexibility index (Phi) is 6.95. The standard InChI is InChI=1S/C31H33F3N6O4.3H2/c1-2-38-28-24(23(16-6-7-16)25(29(38)42)36-27(41)17-4-3-5-19(12-17)31(32,33)34)26(37-40(28)20-8-10-44-11-9-20)30(43)39-21(15-35)13-18-14-22(18)39;;;/h3-5,12,16,18,20-23,25H,2,6-11,13-14H2,1H3,(H,36,41);3*1H/t18?,21-,22?,23-,25-;;;/m0.../s1. The molecule has 0 radical (unpaired) electrons. The summed E-state index contributed by atoms with van der Waals surface area (Å²) in [4.78, 5) is 45.2.